The summed E-state index contributed by atoms with van der Waals surface area (Å²) in [5.74, 6) is 0. The van der Waals surface area contributed by atoms with Crippen LogP contribution in [-0.2, 0) is 0 Å². The Kier molecular flexibility index (Phi) is 2.09. The van der Waals surface area contributed by atoms with Gasteiger partial charge in [0.05, 0.1) is 0 Å². The Balaban J connectivity index is 2.17. The van der Waals surface area contributed by atoms with Crippen LogP contribution in [0, 0.1) is 6.92 Å². The maximum atomic E-state index is 4.28. The van der Waals surface area contributed by atoms with Crippen LogP contribution in [0.5, 0.6) is 0 Å². The van der Waals surface area contributed by atoms with Crippen LogP contribution in [0.2, 0.25) is 0 Å². The van der Waals surface area contributed by atoms with Gasteiger partial charge < -0.3 is 5.32 Å². The van der Waals surface area contributed by atoms with Crippen molar-refractivity contribution < 1.29 is 0 Å². The van der Waals surface area contributed by atoms with Gasteiger partial charge in [0, 0.05) is 17.9 Å². The van der Waals surface area contributed by atoms with Crippen molar-refractivity contribution in [1.29, 1.82) is 0 Å². The maximum Gasteiger partial charge on any atom is 0.0372 e. The predicted octanol–water partition coefficient (Wildman–Crippen LogP) is 1.81. The molecular formula is C10H14N2. The van der Waals surface area contributed by atoms with Crippen molar-refractivity contribution in [2.75, 3.05) is 6.54 Å². The number of nitrogens with one attached hydrogen (secondary N) is 1. The van der Waals surface area contributed by atoms with E-state index < -0.39 is 0 Å². The van der Waals surface area contributed by atoms with Crippen molar-refractivity contribution >= 4 is 0 Å². The van der Waals surface area contributed by atoms with Crippen molar-refractivity contribution in [2.45, 2.75) is 25.8 Å². The Morgan fingerprint density at radius 1 is 1.50 bits per heavy atom. The zero-order valence-electron chi connectivity index (χ0n) is 7.38. The Hall–Kier alpha value is -0.890. The molecule has 0 amide bonds. The van der Waals surface area contributed by atoms with Crippen LogP contribution in [0.25, 0.3) is 0 Å². The van der Waals surface area contributed by atoms with Gasteiger partial charge in [0.2, 0.25) is 0 Å². The Morgan fingerprint density at radius 2 is 2.42 bits per heavy atom. The van der Waals surface area contributed by atoms with E-state index in [0.29, 0.717) is 6.04 Å². The molecule has 1 unspecified atom stereocenters. The van der Waals surface area contributed by atoms with Crippen molar-refractivity contribution in [3.63, 3.8) is 0 Å². The maximum absolute atomic E-state index is 4.28. The molecule has 1 aliphatic rings. The molecule has 2 heteroatoms. The normalized spacial score (nSPS) is 22.9. The third-order valence-electron chi connectivity index (χ3n) is 2.40. The highest BCUT2D eigenvalue weighted by Crippen LogP contribution is 2.21. The lowest BCUT2D eigenvalue weighted by molar-refractivity contribution is 0.644. The van der Waals surface area contributed by atoms with Crippen LogP contribution in [0.1, 0.15) is 30.1 Å². The molecule has 0 saturated carbocycles. The van der Waals surface area contributed by atoms with Gasteiger partial charge in [0.25, 0.3) is 0 Å². The molecule has 1 saturated heterocycles. The van der Waals surface area contributed by atoms with Gasteiger partial charge in [-0.25, -0.2) is 0 Å². The molecule has 2 rings (SSSR count). The fraction of sp³-hybridized carbons (Fsp3) is 0.500. The second-order valence-electron chi connectivity index (χ2n) is 3.38. The second kappa shape index (κ2) is 3.23. The molecule has 1 atom stereocenters. The molecule has 1 aliphatic heterocycles. The molecule has 2 nitrogen and oxygen atoms in total. The van der Waals surface area contributed by atoms with Gasteiger partial charge in [-0.3, -0.25) is 4.98 Å². The van der Waals surface area contributed by atoms with Crippen molar-refractivity contribution in [1.82, 2.24) is 10.3 Å². The van der Waals surface area contributed by atoms with Crippen LogP contribution >= 0.6 is 0 Å². The number of hydrogen-bond acceptors (Lipinski definition) is 2. The SMILES string of the molecule is Cc1ccc(C2CCCN2)cn1. The Labute approximate surface area is 73.0 Å². The van der Waals surface area contributed by atoms with Gasteiger partial charge in [-0.1, -0.05) is 6.07 Å². The first-order valence-electron chi connectivity index (χ1n) is 4.52. The number of nitrogens with zero attached hydrogens (tertiary/aromatic N) is 1. The highest BCUT2D eigenvalue weighted by Gasteiger charge is 2.15. The smallest absolute Gasteiger partial charge is 0.0372 e. The molecule has 0 radical (unpaired) electrons. The van der Waals surface area contributed by atoms with E-state index in [2.05, 4.69) is 22.4 Å². The molecule has 2 heterocycles. The molecule has 12 heavy (non-hydrogen) atoms. The standard InChI is InChI=1S/C10H14N2/c1-8-4-5-9(7-12-8)10-3-2-6-11-10/h4-5,7,10-11H,2-3,6H2,1H3. The molecule has 1 N–H and O–H groups in total. The summed E-state index contributed by atoms with van der Waals surface area (Å²) in [5, 5.41) is 3.45. The minimum atomic E-state index is 0.554. The summed E-state index contributed by atoms with van der Waals surface area (Å²) < 4.78 is 0. The third kappa shape index (κ3) is 1.48. The van der Waals surface area contributed by atoms with E-state index in [1.807, 2.05) is 13.1 Å². The molecule has 0 spiro atoms. The summed E-state index contributed by atoms with van der Waals surface area (Å²) in [4.78, 5) is 4.28. The third-order valence-corrected chi connectivity index (χ3v) is 2.40. The number of pyridine rings is 1. The van der Waals surface area contributed by atoms with Gasteiger partial charge in [-0.2, -0.15) is 0 Å². The molecular weight excluding hydrogens is 148 g/mol. The van der Waals surface area contributed by atoms with E-state index in [9.17, 15) is 0 Å². The van der Waals surface area contributed by atoms with E-state index in [1.54, 1.807) is 0 Å². The zero-order valence-corrected chi connectivity index (χ0v) is 7.38. The fourth-order valence-corrected chi connectivity index (χ4v) is 1.65. The van der Waals surface area contributed by atoms with Crippen molar-refractivity contribution in [3.8, 4) is 0 Å². The fourth-order valence-electron chi connectivity index (χ4n) is 1.65. The Bertz CT molecular complexity index is 247. The molecule has 1 aromatic heterocycles. The molecule has 0 bridgehead atoms. The summed E-state index contributed by atoms with van der Waals surface area (Å²) in [6.07, 6.45) is 4.53. The monoisotopic (exact) mass is 162 g/mol. The highest BCUT2D eigenvalue weighted by molar-refractivity contribution is 5.17. The number of aromatic nitrogens is 1. The molecule has 64 valence electrons. The zero-order chi connectivity index (χ0) is 8.39. The lowest BCUT2D eigenvalue weighted by atomic mass is 10.1. The Morgan fingerprint density at radius 3 is 3.00 bits per heavy atom. The van der Waals surface area contributed by atoms with E-state index in [1.165, 1.54) is 18.4 Å². The van der Waals surface area contributed by atoms with Crippen LogP contribution in [0.4, 0.5) is 0 Å². The van der Waals surface area contributed by atoms with Gasteiger partial charge in [0.1, 0.15) is 0 Å². The summed E-state index contributed by atoms with van der Waals surface area (Å²) in [5.41, 5.74) is 2.43. The lowest BCUT2D eigenvalue weighted by Crippen LogP contribution is -2.12. The van der Waals surface area contributed by atoms with Gasteiger partial charge >= 0.3 is 0 Å². The van der Waals surface area contributed by atoms with Crippen molar-refractivity contribution in [2.24, 2.45) is 0 Å². The van der Waals surface area contributed by atoms with Crippen LogP contribution in [-0.4, -0.2) is 11.5 Å². The summed E-state index contributed by atoms with van der Waals surface area (Å²) in [6.45, 7) is 3.17. The predicted molar refractivity (Wildman–Crippen MR) is 49.0 cm³/mol. The van der Waals surface area contributed by atoms with Crippen LogP contribution in [0.15, 0.2) is 18.3 Å². The second-order valence-corrected chi connectivity index (χ2v) is 3.38. The quantitative estimate of drug-likeness (QED) is 0.681. The minimum absolute atomic E-state index is 0.554. The largest absolute Gasteiger partial charge is 0.310 e. The highest BCUT2D eigenvalue weighted by atomic mass is 14.9. The van der Waals surface area contributed by atoms with E-state index >= 15 is 0 Å². The van der Waals surface area contributed by atoms with Crippen molar-refractivity contribution in [3.05, 3.63) is 29.6 Å². The minimum Gasteiger partial charge on any atom is -0.310 e. The molecule has 0 aliphatic carbocycles. The average Bonchev–Trinajstić information content (AvgIpc) is 2.58. The average molecular weight is 162 g/mol. The lowest BCUT2D eigenvalue weighted by Gasteiger charge is -2.09. The van der Waals surface area contributed by atoms with Gasteiger partial charge in [-0.15, -0.1) is 0 Å². The first-order valence-corrected chi connectivity index (χ1v) is 4.52. The van der Waals surface area contributed by atoms with E-state index in [4.69, 9.17) is 0 Å². The number of aryl methyl sites for hydroxylation is 1. The summed E-state index contributed by atoms with van der Waals surface area (Å²) in [6, 6.07) is 4.80. The van der Waals surface area contributed by atoms with E-state index in [-0.39, 0.29) is 0 Å². The van der Waals surface area contributed by atoms with Crippen LogP contribution in [0.3, 0.4) is 0 Å². The molecule has 0 aromatic carbocycles. The molecule has 1 fully saturated rings. The van der Waals surface area contributed by atoms with Gasteiger partial charge in [0.15, 0.2) is 0 Å². The van der Waals surface area contributed by atoms with E-state index in [0.717, 1.165) is 12.2 Å². The number of rotatable bonds is 1. The summed E-state index contributed by atoms with van der Waals surface area (Å²) >= 11 is 0. The molecule has 1 aromatic rings. The number of hydrogen-bond donors (Lipinski definition) is 1. The first-order chi connectivity index (χ1) is 5.86. The summed E-state index contributed by atoms with van der Waals surface area (Å²) in [7, 11) is 0. The van der Waals surface area contributed by atoms with Crippen LogP contribution < -0.4 is 5.32 Å². The first kappa shape index (κ1) is 7.74. The topological polar surface area (TPSA) is 24.9 Å². The van der Waals surface area contributed by atoms with Gasteiger partial charge in [-0.05, 0) is 37.9 Å².